The van der Waals surface area contributed by atoms with E-state index in [1.54, 1.807) is 0 Å². The number of halogens is 1. The molecule has 1 aromatic heterocycles. The summed E-state index contributed by atoms with van der Waals surface area (Å²) < 4.78 is 0. The molecule has 0 unspecified atom stereocenters. The van der Waals surface area contributed by atoms with Gasteiger partial charge in [-0.25, -0.2) is 4.79 Å². The first-order valence-corrected chi connectivity index (χ1v) is 5.45. The fourth-order valence-electron chi connectivity index (χ4n) is 1.76. The number of piperazine rings is 1. The third-order valence-corrected chi connectivity index (χ3v) is 2.92. The van der Waals surface area contributed by atoms with Crippen LogP contribution in [0.1, 0.15) is 16.1 Å². The number of nitrogens with zero attached hydrogens (tertiary/aromatic N) is 2. The summed E-state index contributed by atoms with van der Waals surface area (Å²) in [5.41, 5.74) is 0.583. The SMILES string of the molecule is O=C(O)c1n[nH]c(Cl)c1CN1CCNCC1. The molecule has 0 aromatic carbocycles. The van der Waals surface area contributed by atoms with Gasteiger partial charge in [-0.1, -0.05) is 11.6 Å². The van der Waals surface area contributed by atoms with E-state index in [2.05, 4.69) is 20.4 Å². The van der Waals surface area contributed by atoms with Crippen LogP contribution < -0.4 is 5.32 Å². The van der Waals surface area contributed by atoms with Crippen molar-refractivity contribution in [3.63, 3.8) is 0 Å². The summed E-state index contributed by atoms with van der Waals surface area (Å²) in [6, 6.07) is 0. The van der Waals surface area contributed by atoms with Crippen molar-refractivity contribution in [1.29, 1.82) is 0 Å². The highest BCUT2D eigenvalue weighted by molar-refractivity contribution is 6.30. The molecule has 1 aliphatic heterocycles. The van der Waals surface area contributed by atoms with E-state index in [0.717, 1.165) is 26.2 Å². The molecule has 7 heteroatoms. The normalized spacial score (nSPS) is 17.6. The maximum Gasteiger partial charge on any atom is 0.356 e. The number of carboxylic acids is 1. The van der Waals surface area contributed by atoms with E-state index in [1.165, 1.54) is 0 Å². The molecule has 0 spiro atoms. The number of carboxylic acid groups (broad SMARTS) is 1. The second-order valence-corrected chi connectivity index (χ2v) is 4.07. The molecule has 1 fully saturated rings. The van der Waals surface area contributed by atoms with E-state index >= 15 is 0 Å². The van der Waals surface area contributed by atoms with Gasteiger partial charge in [0.05, 0.1) is 0 Å². The second kappa shape index (κ2) is 4.82. The fraction of sp³-hybridized carbons (Fsp3) is 0.556. The molecular formula is C9H13ClN4O2. The number of nitrogens with one attached hydrogen (secondary N) is 2. The van der Waals surface area contributed by atoms with Crippen molar-refractivity contribution in [2.24, 2.45) is 0 Å². The van der Waals surface area contributed by atoms with Crippen LogP contribution in [0.2, 0.25) is 5.15 Å². The number of carbonyl (C=O) groups is 1. The Kier molecular flexibility index (Phi) is 3.42. The van der Waals surface area contributed by atoms with Gasteiger partial charge in [0.15, 0.2) is 5.69 Å². The lowest BCUT2D eigenvalue weighted by molar-refractivity contribution is 0.0688. The lowest BCUT2D eigenvalue weighted by Gasteiger charge is -2.26. The summed E-state index contributed by atoms with van der Waals surface area (Å²) in [6.45, 7) is 4.13. The first-order chi connectivity index (χ1) is 7.68. The van der Waals surface area contributed by atoms with Gasteiger partial charge in [-0.3, -0.25) is 10.00 Å². The quantitative estimate of drug-likeness (QED) is 0.706. The maximum absolute atomic E-state index is 10.9. The van der Waals surface area contributed by atoms with Gasteiger partial charge < -0.3 is 10.4 Å². The molecule has 0 bridgehead atoms. The van der Waals surface area contributed by atoms with Crippen LogP contribution in [0.5, 0.6) is 0 Å². The van der Waals surface area contributed by atoms with Crippen LogP contribution >= 0.6 is 11.6 Å². The average molecular weight is 245 g/mol. The molecule has 0 saturated carbocycles. The van der Waals surface area contributed by atoms with Crippen LogP contribution in [0.4, 0.5) is 0 Å². The van der Waals surface area contributed by atoms with Crippen LogP contribution in [-0.2, 0) is 6.54 Å². The van der Waals surface area contributed by atoms with Gasteiger partial charge in [0, 0.05) is 38.3 Å². The third kappa shape index (κ3) is 2.34. The molecule has 0 amide bonds. The third-order valence-electron chi connectivity index (χ3n) is 2.61. The van der Waals surface area contributed by atoms with Gasteiger partial charge in [-0.15, -0.1) is 0 Å². The summed E-state index contributed by atoms with van der Waals surface area (Å²) in [7, 11) is 0. The molecule has 0 radical (unpaired) electrons. The van der Waals surface area contributed by atoms with E-state index < -0.39 is 5.97 Å². The minimum absolute atomic E-state index is 0.0172. The smallest absolute Gasteiger partial charge is 0.356 e. The number of rotatable bonds is 3. The number of hydrogen-bond acceptors (Lipinski definition) is 4. The number of hydrogen-bond donors (Lipinski definition) is 3. The number of aromatic carboxylic acids is 1. The molecule has 1 aromatic rings. The van der Waals surface area contributed by atoms with Gasteiger partial charge in [0.25, 0.3) is 0 Å². The molecule has 2 heterocycles. The van der Waals surface area contributed by atoms with E-state index in [-0.39, 0.29) is 5.69 Å². The van der Waals surface area contributed by atoms with Crippen LogP contribution in [0, 0.1) is 0 Å². The lowest BCUT2D eigenvalue weighted by Crippen LogP contribution is -2.43. The fourth-order valence-corrected chi connectivity index (χ4v) is 1.95. The Morgan fingerprint density at radius 3 is 2.81 bits per heavy atom. The molecule has 0 aliphatic carbocycles. The van der Waals surface area contributed by atoms with Crippen LogP contribution in [-0.4, -0.2) is 52.4 Å². The summed E-state index contributed by atoms with van der Waals surface area (Å²) >= 11 is 5.88. The molecule has 16 heavy (non-hydrogen) atoms. The Balaban J connectivity index is 2.12. The van der Waals surface area contributed by atoms with Crippen molar-refractivity contribution in [3.05, 3.63) is 16.4 Å². The molecule has 0 atom stereocenters. The number of aromatic nitrogens is 2. The van der Waals surface area contributed by atoms with Gasteiger partial charge in [0.1, 0.15) is 5.15 Å². The van der Waals surface area contributed by atoms with Gasteiger partial charge in [0.2, 0.25) is 0 Å². The van der Waals surface area contributed by atoms with E-state index in [0.29, 0.717) is 17.3 Å². The molecule has 1 aliphatic rings. The molecule has 2 rings (SSSR count). The van der Waals surface area contributed by atoms with Gasteiger partial charge in [-0.2, -0.15) is 5.10 Å². The number of aromatic amines is 1. The molecule has 88 valence electrons. The predicted molar refractivity (Wildman–Crippen MR) is 58.7 cm³/mol. The summed E-state index contributed by atoms with van der Waals surface area (Å²) in [6.07, 6.45) is 0. The van der Waals surface area contributed by atoms with E-state index in [4.69, 9.17) is 16.7 Å². The Morgan fingerprint density at radius 1 is 1.50 bits per heavy atom. The zero-order valence-electron chi connectivity index (χ0n) is 8.66. The topological polar surface area (TPSA) is 81.2 Å². The maximum atomic E-state index is 10.9. The molecular weight excluding hydrogens is 232 g/mol. The second-order valence-electron chi connectivity index (χ2n) is 3.70. The average Bonchev–Trinajstić information content (AvgIpc) is 2.62. The predicted octanol–water partition coefficient (Wildman–Crippen LogP) is 0.166. The minimum Gasteiger partial charge on any atom is -0.476 e. The highest BCUT2D eigenvalue weighted by Gasteiger charge is 2.20. The van der Waals surface area contributed by atoms with Crippen molar-refractivity contribution in [3.8, 4) is 0 Å². The Bertz CT molecular complexity index is 387. The van der Waals surface area contributed by atoms with Gasteiger partial charge >= 0.3 is 5.97 Å². The highest BCUT2D eigenvalue weighted by atomic mass is 35.5. The largest absolute Gasteiger partial charge is 0.476 e. The first-order valence-electron chi connectivity index (χ1n) is 5.07. The highest BCUT2D eigenvalue weighted by Crippen LogP contribution is 2.19. The van der Waals surface area contributed by atoms with E-state index in [9.17, 15) is 4.79 Å². The van der Waals surface area contributed by atoms with Gasteiger partial charge in [-0.05, 0) is 0 Å². The van der Waals surface area contributed by atoms with Crippen molar-refractivity contribution >= 4 is 17.6 Å². The Labute approximate surface area is 97.6 Å². The summed E-state index contributed by atoms with van der Waals surface area (Å²) in [4.78, 5) is 13.1. The Morgan fingerprint density at radius 2 is 2.19 bits per heavy atom. The van der Waals surface area contributed by atoms with Crippen LogP contribution in [0.25, 0.3) is 0 Å². The molecule has 6 nitrogen and oxygen atoms in total. The standard InChI is InChI=1S/C9H13ClN4O2/c10-8-6(7(9(15)16)12-13-8)5-14-3-1-11-2-4-14/h11H,1-5H2,(H,12,13)(H,15,16). The summed E-state index contributed by atoms with van der Waals surface area (Å²) in [5.74, 6) is -1.05. The Hall–Kier alpha value is -1.11. The van der Waals surface area contributed by atoms with Crippen LogP contribution in [0.15, 0.2) is 0 Å². The first kappa shape index (κ1) is 11.4. The zero-order valence-corrected chi connectivity index (χ0v) is 9.42. The van der Waals surface area contributed by atoms with Crippen molar-refractivity contribution in [1.82, 2.24) is 20.4 Å². The van der Waals surface area contributed by atoms with Crippen LogP contribution in [0.3, 0.4) is 0 Å². The van der Waals surface area contributed by atoms with Crippen molar-refractivity contribution in [2.45, 2.75) is 6.54 Å². The minimum atomic E-state index is -1.05. The van der Waals surface area contributed by atoms with Crippen molar-refractivity contribution < 1.29 is 9.90 Å². The molecule has 3 N–H and O–H groups in total. The zero-order chi connectivity index (χ0) is 11.5. The van der Waals surface area contributed by atoms with Crippen molar-refractivity contribution in [2.75, 3.05) is 26.2 Å². The summed E-state index contributed by atoms with van der Waals surface area (Å²) in [5, 5.41) is 18.7. The monoisotopic (exact) mass is 244 g/mol. The lowest BCUT2D eigenvalue weighted by atomic mass is 10.2. The molecule has 1 saturated heterocycles. The number of H-pyrrole nitrogens is 1. The van der Waals surface area contributed by atoms with E-state index in [1.807, 2.05) is 0 Å².